The van der Waals surface area contributed by atoms with E-state index in [2.05, 4.69) is 6.07 Å². The fraction of sp³-hybridized carbons (Fsp3) is 0.429. The Balaban J connectivity index is 1.97. The van der Waals surface area contributed by atoms with Crippen LogP contribution in [0.1, 0.15) is 52.2 Å². The molecular weight excluding hydrogens is 390 g/mol. The lowest BCUT2D eigenvalue weighted by Gasteiger charge is -2.24. The number of methoxy groups -OCH3 is 2. The number of nitrogens with two attached hydrogens (primary N) is 1. The van der Waals surface area contributed by atoms with Crippen molar-refractivity contribution in [2.45, 2.75) is 32.4 Å². The number of nitriles is 1. The van der Waals surface area contributed by atoms with E-state index in [1.54, 1.807) is 21.1 Å². The van der Waals surface area contributed by atoms with E-state index >= 15 is 0 Å². The molecule has 0 saturated carbocycles. The Hall–Kier alpha value is -2.76. The van der Waals surface area contributed by atoms with Gasteiger partial charge in [0.15, 0.2) is 0 Å². The summed E-state index contributed by atoms with van der Waals surface area (Å²) in [5, 5.41) is 9.97. The van der Waals surface area contributed by atoms with Crippen LogP contribution in [0.4, 0.5) is 5.00 Å². The molecule has 2 atom stereocenters. The Labute approximate surface area is 174 Å². The van der Waals surface area contributed by atoms with E-state index in [4.69, 9.17) is 19.9 Å². The molecule has 1 aromatic heterocycles. The third-order valence-corrected chi connectivity index (χ3v) is 6.35. The molecular formula is C21H26N3O4S+. The summed E-state index contributed by atoms with van der Waals surface area (Å²) in [6.45, 7) is 3.48. The van der Waals surface area contributed by atoms with Gasteiger partial charge >= 0.3 is 5.97 Å². The number of nitrogens with zero attached hydrogens (tertiary/aromatic N) is 1. The van der Waals surface area contributed by atoms with E-state index < -0.39 is 5.97 Å². The number of nitrogens with one attached hydrogen (secondary N) is 1. The fourth-order valence-electron chi connectivity index (χ4n) is 3.97. The molecule has 0 spiro atoms. The van der Waals surface area contributed by atoms with Crippen LogP contribution < -0.4 is 20.1 Å². The number of anilines is 1. The summed E-state index contributed by atoms with van der Waals surface area (Å²) in [6, 6.07) is 8.14. The quantitative estimate of drug-likeness (QED) is 0.672. The number of esters is 1. The molecule has 1 aromatic carbocycles. The largest absolute Gasteiger partial charge is 0.497 e. The number of nitrogen functional groups attached to an aromatic ring is 1. The summed E-state index contributed by atoms with van der Waals surface area (Å²) in [6.07, 6.45) is 2.02. The molecule has 29 heavy (non-hydrogen) atoms. The number of hydrogen-bond acceptors (Lipinski definition) is 7. The second-order valence-electron chi connectivity index (χ2n) is 6.87. The standard InChI is InChI=1S/C21H25N3O4S/c1-4-28-21(25)19-16(15(11-22)20(23)29-19)12-24-9-5-6-17(24)14-10-13(26-2)7-8-18(14)27-3/h7-8,10,17H,4-6,9,12,23H2,1-3H3/p+1/t17-/m0/s1. The monoisotopic (exact) mass is 416 g/mol. The van der Waals surface area contributed by atoms with Crippen molar-refractivity contribution in [3.8, 4) is 17.6 Å². The second kappa shape index (κ2) is 9.16. The number of hydrogen-bond donors (Lipinski definition) is 2. The van der Waals surface area contributed by atoms with Crippen molar-refractivity contribution in [1.82, 2.24) is 0 Å². The Morgan fingerprint density at radius 1 is 1.38 bits per heavy atom. The van der Waals surface area contributed by atoms with Crippen molar-refractivity contribution >= 4 is 22.3 Å². The average molecular weight is 417 g/mol. The molecule has 3 N–H and O–H groups in total. The highest BCUT2D eigenvalue weighted by atomic mass is 32.1. The molecule has 2 heterocycles. The van der Waals surface area contributed by atoms with Crippen LogP contribution in [0.3, 0.4) is 0 Å². The molecule has 0 aliphatic carbocycles. The highest BCUT2D eigenvalue weighted by molar-refractivity contribution is 7.18. The highest BCUT2D eigenvalue weighted by Gasteiger charge is 2.35. The van der Waals surface area contributed by atoms with Crippen LogP contribution in [0.2, 0.25) is 0 Å². The first kappa shape index (κ1) is 21.0. The topological polar surface area (TPSA) is 99.0 Å². The van der Waals surface area contributed by atoms with Gasteiger partial charge < -0.3 is 24.8 Å². The van der Waals surface area contributed by atoms with E-state index in [1.165, 1.54) is 4.90 Å². The van der Waals surface area contributed by atoms with Crippen molar-refractivity contribution in [2.24, 2.45) is 0 Å². The molecule has 1 aliphatic heterocycles. The lowest BCUT2D eigenvalue weighted by Crippen LogP contribution is -3.09. The van der Waals surface area contributed by atoms with Gasteiger partial charge in [-0.2, -0.15) is 5.26 Å². The lowest BCUT2D eigenvalue weighted by atomic mass is 10.0. The summed E-state index contributed by atoms with van der Waals surface area (Å²) in [5.74, 6) is 1.16. The Bertz CT molecular complexity index is 935. The van der Waals surface area contributed by atoms with Gasteiger partial charge in [-0.05, 0) is 25.1 Å². The van der Waals surface area contributed by atoms with Gasteiger partial charge in [0.05, 0.1) is 44.1 Å². The van der Waals surface area contributed by atoms with Gasteiger partial charge in [-0.25, -0.2) is 4.79 Å². The summed E-state index contributed by atoms with van der Waals surface area (Å²) in [7, 11) is 3.30. The average Bonchev–Trinajstić information content (AvgIpc) is 3.31. The minimum absolute atomic E-state index is 0.169. The molecule has 0 amide bonds. The van der Waals surface area contributed by atoms with Crippen molar-refractivity contribution in [3.63, 3.8) is 0 Å². The van der Waals surface area contributed by atoms with Crippen LogP contribution in [-0.2, 0) is 11.3 Å². The minimum Gasteiger partial charge on any atom is -0.497 e. The van der Waals surface area contributed by atoms with Crippen LogP contribution in [0, 0.1) is 11.3 Å². The van der Waals surface area contributed by atoms with E-state index in [9.17, 15) is 10.1 Å². The van der Waals surface area contributed by atoms with Gasteiger partial charge in [0.2, 0.25) is 0 Å². The number of likely N-dealkylation sites (tertiary alicyclic amines) is 1. The van der Waals surface area contributed by atoms with Gasteiger partial charge in [-0.1, -0.05) is 0 Å². The number of carbonyl (C=O) groups excluding carboxylic acids is 1. The maximum absolute atomic E-state index is 12.4. The van der Waals surface area contributed by atoms with E-state index in [0.29, 0.717) is 27.5 Å². The fourth-order valence-corrected chi connectivity index (χ4v) is 4.91. The maximum Gasteiger partial charge on any atom is 0.348 e. The van der Waals surface area contributed by atoms with Gasteiger partial charge in [0.25, 0.3) is 0 Å². The molecule has 1 unspecified atom stereocenters. The lowest BCUT2D eigenvalue weighted by molar-refractivity contribution is -0.932. The number of benzene rings is 1. The Kier molecular flexibility index (Phi) is 6.62. The van der Waals surface area contributed by atoms with Crippen LogP contribution >= 0.6 is 11.3 Å². The van der Waals surface area contributed by atoms with Gasteiger partial charge in [-0.3, -0.25) is 0 Å². The molecule has 0 radical (unpaired) electrons. The summed E-state index contributed by atoms with van der Waals surface area (Å²) >= 11 is 1.13. The van der Waals surface area contributed by atoms with Crippen LogP contribution in [0.15, 0.2) is 18.2 Å². The van der Waals surface area contributed by atoms with Crippen molar-refractivity contribution in [1.29, 1.82) is 5.26 Å². The maximum atomic E-state index is 12.4. The number of quaternary nitrogens is 1. The Morgan fingerprint density at radius 3 is 2.83 bits per heavy atom. The Morgan fingerprint density at radius 2 is 2.17 bits per heavy atom. The second-order valence-corrected chi connectivity index (χ2v) is 7.92. The van der Waals surface area contributed by atoms with E-state index in [1.807, 2.05) is 18.2 Å². The normalized spacial score (nSPS) is 18.3. The molecule has 1 aliphatic rings. The van der Waals surface area contributed by atoms with E-state index in [-0.39, 0.29) is 12.6 Å². The number of carbonyl (C=O) groups is 1. The van der Waals surface area contributed by atoms with Crippen molar-refractivity contribution in [2.75, 3.05) is 33.1 Å². The third-order valence-electron chi connectivity index (χ3n) is 5.31. The van der Waals surface area contributed by atoms with Crippen molar-refractivity contribution < 1.29 is 23.9 Å². The summed E-state index contributed by atoms with van der Waals surface area (Å²) in [4.78, 5) is 14.1. The van der Waals surface area contributed by atoms with Crippen LogP contribution in [0.5, 0.6) is 11.5 Å². The van der Waals surface area contributed by atoms with Crippen LogP contribution in [0.25, 0.3) is 0 Å². The predicted molar refractivity (Wildman–Crippen MR) is 110 cm³/mol. The van der Waals surface area contributed by atoms with E-state index in [0.717, 1.165) is 47.8 Å². The van der Waals surface area contributed by atoms with Crippen LogP contribution in [-0.4, -0.2) is 33.3 Å². The van der Waals surface area contributed by atoms with Crippen molar-refractivity contribution in [3.05, 3.63) is 39.8 Å². The molecule has 1 saturated heterocycles. The zero-order valence-corrected chi connectivity index (χ0v) is 17.7. The smallest absolute Gasteiger partial charge is 0.348 e. The molecule has 2 aromatic rings. The summed E-state index contributed by atoms with van der Waals surface area (Å²) in [5.41, 5.74) is 8.16. The van der Waals surface area contributed by atoms with Gasteiger partial charge in [0.1, 0.15) is 40.0 Å². The minimum atomic E-state index is -0.421. The number of rotatable bonds is 7. The first-order chi connectivity index (χ1) is 14.0. The molecule has 1 fully saturated rings. The first-order valence-corrected chi connectivity index (χ1v) is 10.4. The SMILES string of the molecule is CCOC(=O)c1sc(N)c(C#N)c1C[NH+]1CCC[C@H]1c1cc(OC)ccc1OC. The molecule has 154 valence electrons. The molecule has 0 bridgehead atoms. The number of thiophene rings is 1. The predicted octanol–water partition coefficient (Wildman–Crippen LogP) is 2.32. The zero-order valence-electron chi connectivity index (χ0n) is 16.9. The summed E-state index contributed by atoms with van der Waals surface area (Å²) < 4.78 is 16.2. The molecule has 8 heteroatoms. The van der Waals surface area contributed by atoms with Gasteiger partial charge in [0, 0.05) is 12.8 Å². The molecule has 3 rings (SSSR count). The van der Waals surface area contributed by atoms with Gasteiger partial charge in [-0.15, -0.1) is 11.3 Å². The zero-order chi connectivity index (χ0) is 21.0. The third kappa shape index (κ3) is 4.16. The molecule has 7 nitrogen and oxygen atoms in total. The highest BCUT2D eigenvalue weighted by Crippen LogP contribution is 2.34. The first-order valence-electron chi connectivity index (χ1n) is 9.58. The number of ether oxygens (including phenoxy) is 3.